The molecule has 0 aliphatic carbocycles. The van der Waals surface area contributed by atoms with Gasteiger partial charge in [-0.05, 0) is 25.0 Å². The van der Waals surface area contributed by atoms with Crippen LogP contribution in [0.1, 0.15) is 40.5 Å². The molecule has 2 aliphatic heterocycles. The number of imidazole rings is 1. The third-order valence-electron chi connectivity index (χ3n) is 6.34. The van der Waals surface area contributed by atoms with Crippen molar-refractivity contribution in [3.05, 3.63) is 59.6 Å². The molecule has 1 fully saturated rings. The molecule has 1 saturated heterocycles. The van der Waals surface area contributed by atoms with Crippen LogP contribution < -0.4 is 10.5 Å². The van der Waals surface area contributed by atoms with Gasteiger partial charge in [-0.25, -0.2) is 19.3 Å². The van der Waals surface area contributed by atoms with Crippen LogP contribution in [0.5, 0.6) is 5.75 Å². The maximum atomic E-state index is 14.7. The number of halogens is 4. The number of benzene rings is 1. The van der Waals surface area contributed by atoms with Crippen molar-refractivity contribution in [3.8, 4) is 5.75 Å². The zero-order valence-corrected chi connectivity index (χ0v) is 17.4. The number of fused-ring (bicyclic) bond motifs is 6. The highest BCUT2D eigenvalue weighted by Gasteiger charge is 2.47. The van der Waals surface area contributed by atoms with Gasteiger partial charge in [-0.1, -0.05) is 6.07 Å². The Hall–Kier alpha value is -3.96. The van der Waals surface area contributed by atoms with Crippen molar-refractivity contribution in [1.29, 1.82) is 0 Å². The number of likely N-dealkylation sites (tertiary alicyclic amines) is 1. The van der Waals surface area contributed by atoms with Crippen LogP contribution in [0.2, 0.25) is 0 Å². The molecule has 2 aliphatic rings. The molecular formula is C22H16F4N6O2. The number of aromatic nitrogens is 4. The first-order valence-electron chi connectivity index (χ1n) is 10.5. The van der Waals surface area contributed by atoms with Gasteiger partial charge in [0.2, 0.25) is 0 Å². The number of ether oxygens (including phenoxy) is 1. The van der Waals surface area contributed by atoms with Gasteiger partial charge < -0.3 is 15.4 Å². The Morgan fingerprint density at radius 1 is 1.21 bits per heavy atom. The minimum absolute atomic E-state index is 0.107. The van der Waals surface area contributed by atoms with Gasteiger partial charge in [0.15, 0.2) is 11.6 Å². The van der Waals surface area contributed by atoms with Crippen molar-refractivity contribution < 1.29 is 27.1 Å². The second kappa shape index (κ2) is 7.02. The second-order valence-electron chi connectivity index (χ2n) is 8.29. The van der Waals surface area contributed by atoms with Crippen LogP contribution in [-0.4, -0.2) is 42.8 Å². The number of piperidine rings is 1. The zero-order chi connectivity index (χ0) is 23.8. The summed E-state index contributed by atoms with van der Waals surface area (Å²) in [5, 5.41) is 0. The normalized spacial score (nSPS) is 19.8. The smallest absolute Gasteiger partial charge is 0.419 e. The predicted octanol–water partition coefficient (Wildman–Crippen LogP) is 3.76. The molecule has 1 aromatic carbocycles. The van der Waals surface area contributed by atoms with Gasteiger partial charge >= 0.3 is 6.18 Å². The van der Waals surface area contributed by atoms with E-state index in [2.05, 4.69) is 15.0 Å². The van der Waals surface area contributed by atoms with E-state index in [0.717, 1.165) is 0 Å². The maximum Gasteiger partial charge on any atom is 0.419 e. The molecule has 6 rings (SSSR count). The van der Waals surface area contributed by atoms with Crippen LogP contribution in [0.3, 0.4) is 0 Å². The monoisotopic (exact) mass is 472 g/mol. The Morgan fingerprint density at radius 2 is 2.03 bits per heavy atom. The Morgan fingerprint density at radius 3 is 2.82 bits per heavy atom. The minimum atomic E-state index is -4.85. The largest absolute Gasteiger partial charge is 0.484 e. The second-order valence-corrected chi connectivity index (χ2v) is 8.29. The van der Waals surface area contributed by atoms with Gasteiger partial charge in [0, 0.05) is 12.1 Å². The van der Waals surface area contributed by atoms with Gasteiger partial charge in [-0.2, -0.15) is 13.2 Å². The third-order valence-corrected chi connectivity index (χ3v) is 6.34. The maximum absolute atomic E-state index is 14.7. The first-order chi connectivity index (χ1) is 16.2. The van der Waals surface area contributed by atoms with E-state index in [0.29, 0.717) is 42.0 Å². The van der Waals surface area contributed by atoms with Crippen molar-refractivity contribution in [2.45, 2.75) is 31.2 Å². The average Bonchev–Trinajstić information content (AvgIpc) is 3.44. The Labute approximate surface area is 189 Å². The lowest BCUT2D eigenvalue weighted by Gasteiger charge is -2.36. The molecule has 5 heterocycles. The van der Waals surface area contributed by atoms with E-state index < -0.39 is 41.4 Å². The number of rotatable bonds is 1. The van der Waals surface area contributed by atoms with Gasteiger partial charge in [0.1, 0.15) is 28.6 Å². The third kappa shape index (κ3) is 2.90. The Balaban J connectivity index is 1.42. The molecular weight excluding hydrogens is 456 g/mol. The van der Waals surface area contributed by atoms with E-state index in [9.17, 15) is 22.4 Å². The Bertz CT molecular complexity index is 1480. The van der Waals surface area contributed by atoms with Gasteiger partial charge in [-0.15, -0.1) is 0 Å². The molecule has 0 spiro atoms. The van der Waals surface area contributed by atoms with Crippen LogP contribution in [0, 0.1) is 5.82 Å². The number of amides is 1. The summed E-state index contributed by atoms with van der Waals surface area (Å²) in [4.78, 5) is 27.6. The SMILES string of the molecule is Nc1nc2cnc(C(=O)N3CCC[C@@H]4Oc5c(ccc(C(F)(F)F)c5F)[C@@H]43)cc2n2cncc12. The predicted molar refractivity (Wildman–Crippen MR) is 112 cm³/mol. The highest BCUT2D eigenvalue weighted by atomic mass is 19.4. The lowest BCUT2D eigenvalue weighted by molar-refractivity contribution is -0.140. The topological polar surface area (TPSA) is 98.6 Å². The van der Waals surface area contributed by atoms with Crippen LogP contribution >= 0.6 is 0 Å². The van der Waals surface area contributed by atoms with Crippen LogP contribution in [-0.2, 0) is 6.18 Å². The van der Waals surface area contributed by atoms with Crippen molar-refractivity contribution in [2.24, 2.45) is 0 Å². The van der Waals surface area contributed by atoms with Crippen molar-refractivity contribution >= 4 is 28.3 Å². The lowest BCUT2D eigenvalue weighted by atomic mass is 9.93. The standard InChI is InChI=1S/C22H16F4N6O2/c23-17-11(22(24,25)26)4-3-10-18-16(34-19(10)17)2-1-5-31(18)21(33)12-6-14-13(7-29-12)30-20(27)15-8-28-9-32(14)15/h3-4,6-9,16,18H,1-2,5H2,(H2,27,30)/t16-,18-/m0/s1. The summed E-state index contributed by atoms with van der Waals surface area (Å²) in [6.45, 7) is 0.325. The van der Waals surface area contributed by atoms with E-state index in [1.54, 1.807) is 23.0 Å². The minimum Gasteiger partial charge on any atom is -0.484 e. The van der Waals surface area contributed by atoms with Gasteiger partial charge in [0.25, 0.3) is 5.91 Å². The molecule has 174 valence electrons. The number of hydrogen-bond acceptors (Lipinski definition) is 6. The quantitative estimate of drug-likeness (QED) is 0.424. The van der Waals surface area contributed by atoms with Gasteiger partial charge in [0.05, 0.1) is 35.8 Å². The number of alkyl halides is 3. The van der Waals surface area contributed by atoms with Crippen LogP contribution in [0.4, 0.5) is 23.4 Å². The number of nitrogens with zero attached hydrogens (tertiary/aromatic N) is 5. The molecule has 0 saturated carbocycles. The van der Waals surface area contributed by atoms with Crippen LogP contribution in [0.25, 0.3) is 16.6 Å². The molecule has 1 amide bonds. The molecule has 3 aromatic heterocycles. The van der Waals surface area contributed by atoms with Crippen LogP contribution in [0.15, 0.2) is 36.9 Å². The summed E-state index contributed by atoms with van der Waals surface area (Å²) >= 11 is 0. The summed E-state index contributed by atoms with van der Waals surface area (Å²) in [7, 11) is 0. The fourth-order valence-electron chi connectivity index (χ4n) is 4.82. The summed E-state index contributed by atoms with van der Waals surface area (Å²) in [6.07, 6.45) is 0.0525. The summed E-state index contributed by atoms with van der Waals surface area (Å²) < 4.78 is 61.5. The highest BCUT2D eigenvalue weighted by Crippen LogP contribution is 2.48. The number of nitrogen functional groups attached to an aromatic ring is 1. The van der Waals surface area contributed by atoms with E-state index in [1.807, 2.05) is 0 Å². The molecule has 2 atom stereocenters. The summed E-state index contributed by atoms with van der Waals surface area (Å²) in [5.41, 5.74) is 6.48. The number of pyridine rings is 1. The number of carbonyl (C=O) groups excluding carboxylic acids is 1. The molecule has 12 heteroatoms. The fourth-order valence-corrected chi connectivity index (χ4v) is 4.82. The van der Waals surface area contributed by atoms with E-state index in [-0.39, 0.29) is 17.1 Å². The number of nitrogens with two attached hydrogens (primary N) is 1. The first kappa shape index (κ1) is 20.6. The zero-order valence-electron chi connectivity index (χ0n) is 17.4. The molecule has 0 bridgehead atoms. The molecule has 0 radical (unpaired) electrons. The number of hydrogen-bond donors (Lipinski definition) is 1. The molecule has 2 N–H and O–H groups in total. The molecule has 34 heavy (non-hydrogen) atoms. The molecule has 0 unspecified atom stereocenters. The van der Waals surface area contributed by atoms with Crippen molar-refractivity contribution in [2.75, 3.05) is 12.3 Å². The number of anilines is 1. The van der Waals surface area contributed by atoms with Crippen molar-refractivity contribution in [1.82, 2.24) is 24.3 Å². The first-order valence-corrected chi connectivity index (χ1v) is 10.5. The molecule has 8 nitrogen and oxygen atoms in total. The summed E-state index contributed by atoms with van der Waals surface area (Å²) in [5.74, 6) is -2.08. The van der Waals surface area contributed by atoms with Gasteiger partial charge in [-0.3, -0.25) is 9.20 Å². The Kier molecular flexibility index (Phi) is 4.26. The highest BCUT2D eigenvalue weighted by molar-refractivity contribution is 5.96. The lowest BCUT2D eigenvalue weighted by Crippen LogP contribution is -2.44. The number of carbonyl (C=O) groups is 1. The van der Waals surface area contributed by atoms with E-state index >= 15 is 0 Å². The summed E-state index contributed by atoms with van der Waals surface area (Å²) in [6, 6.07) is 2.72. The fraction of sp³-hybridized carbons (Fsp3) is 0.273. The average molecular weight is 472 g/mol. The van der Waals surface area contributed by atoms with Crippen molar-refractivity contribution in [3.63, 3.8) is 0 Å². The van der Waals surface area contributed by atoms with E-state index in [1.165, 1.54) is 17.2 Å². The molecule has 4 aromatic rings. The van der Waals surface area contributed by atoms with E-state index in [4.69, 9.17) is 10.5 Å².